The highest BCUT2D eigenvalue weighted by Gasteiger charge is 2.15. The fraction of sp³-hybridized carbons (Fsp3) is 0.0952. The first kappa shape index (κ1) is 20.4. The molecule has 4 rings (SSSR count). The summed E-state index contributed by atoms with van der Waals surface area (Å²) < 4.78 is 1.72. The van der Waals surface area contributed by atoms with Crippen LogP contribution in [-0.2, 0) is 9.59 Å². The van der Waals surface area contributed by atoms with Gasteiger partial charge in [-0.05, 0) is 29.8 Å². The van der Waals surface area contributed by atoms with Crippen LogP contribution in [0.5, 0.6) is 0 Å². The van der Waals surface area contributed by atoms with Crippen molar-refractivity contribution in [3.63, 3.8) is 0 Å². The number of carbonyl (C=O) groups excluding carboxylic acids is 2. The van der Waals surface area contributed by atoms with Gasteiger partial charge in [0.15, 0.2) is 5.16 Å². The molecule has 2 amide bonds. The summed E-state index contributed by atoms with van der Waals surface area (Å²) in [4.78, 5) is 38.1. The number of carbonyl (C=O) groups is 2. The van der Waals surface area contributed by atoms with E-state index in [0.717, 1.165) is 5.56 Å². The average molecular weight is 434 g/mol. The summed E-state index contributed by atoms with van der Waals surface area (Å²) in [7, 11) is 0. The van der Waals surface area contributed by atoms with Gasteiger partial charge < -0.3 is 10.6 Å². The monoisotopic (exact) mass is 434 g/mol. The Hall–Kier alpha value is -3.92. The molecule has 0 spiro atoms. The predicted molar refractivity (Wildman–Crippen MR) is 119 cm³/mol. The Kier molecular flexibility index (Phi) is 5.80. The van der Waals surface area contributed by atoms with E-state index in [1.54, 1.807) is 28.7 Å². The first-order valence-electron chi connectivity index (χ1n) is 9.34. The van der Waals surface area contributed by atoms with Crippen LogP contribution in [0, 0.1) is 0 Å². The minimum absolute atomic E-state index is 0.0988. The first-order valence-corrected chi connectivity index (χ1v) is 10.3. The van der Waals surface area contributed by atoms with Gasteiger partial charge in [-0.15, -0.1) is 10.2 Å². The van der Waals surface area contributed by atoms with E-state index in [1.807, 2.05) is 30.3 Å². The molecule has 0 unspecified atom stereocenters. The maximum Gasteiger partial charge on any atom is 0.252 e. The second-order valence-corrected chi connectivity index (χ2v) is 7.56. The Morgan fingerprint density at radius 1 is 1.00 bits per heavy atom. The highest BCUT2D eigenvalue weighted by Crippen LogP contribution is 2.24. The molecule has 10 heteroatoms. The SMILES string of the molecule is CC(=O)Nc1ccc(NC(=O)CSc2nnc3[nH]c(=O)cc(-c4ccccc4)n23)cc1. The second kappa shape index (κ2) is 8.84. The van der Waals surface area contributed by atoms with Crippen LogP contribution in [0.4, 0.5) is 11.4 Å². The van der Waals surface area contributed by atoms with Crippen LogP contribution >= 0.6 is 11.8 Å². The maximum absolute atomic E-state index is 12.4. The molecule has 0 saturated carbocycles. The minimum Gasteiger partial charge on any atom is -0.326 e. The van der Waals surface area contributed by atoms with Crippen molar-refractivity contribution in [1.29, 1.82) is 0 Å². The lowest BCUT2D eigenvalue weighted by molar-refractivity contribution is -0.114. The van der Waals surface area contributed by atoms with Gasteiger partial charge in [0, 0.05) is 24.4 Å². The fourth-order valence-corrected chi connectivity index (χ4v) is 3.73. The number of rotatable bonds is 6. The van der Waals surface area contributed by atoms with E-state index in [-0.39, 0.29) is 23.1 Å². The molecule has 2 aromatic carbocycles. The lowest BCUT2D eigenvalue weighted by atomic mass is 10.1. The van der Waals surface area contributed by atoms with Crippen LogP contribution in [0.1, 0.15) is 6.92 Å². The number of anilines is 2. The van der Waals surface area contributed by atoms with Gasteiger partial charge in [-0.1, -0.05) is 42.1 Å². The van der Waals surface area contributed by atoms with E-state index in [0.29, 0.717) is 28.0 Å². The molecule has 0 radical (unpaired) electrons. The smallest absolute Gasteiger partial charge is 0.252 e. The topological polar surface area (TPSA) is 121 Å². The molecule has 156 valence electrons. The predicted octanol–water partition coefficient (Wildman–Crippen LogP) is 2.77. The van der Waals surface area contributed by atoms with Crippen molar-refractivity contribution in [2.45, 2.75) is 12.1 Å². The second-order valence-electron chi connectivity index (χ2n) is 6.62. The normalized spacial score (nSPS) is 10.7. The first-order chi connectivity index (χ1) is 15.0. The van der Waals surface area contributed by atoms with Crippen LogP contribution in [-0.4, -0.2) is 37.1 Å². The molecule has 2 aromatic heterocycles. The number of aromatic nitrogens is 4. The standard InChI is InChI=1S/C21H18N6O3S/c1-13(28)22-15-7-9-16(10-8-15)23-19(30)12-31-21-26-25-20-24-18(29)11-17(27(20)21)14-5-3-2-4-6-14/h2-11H,12H2,1H3,(H,22,28)(H,23,30)(H,24,25,29). The van der Waals surface area contributed by atoms with Crippen LogP contribution in [0.25, 0.3) is 17.0 Å². The largest absolute Gasteiger partial charge is 0.326 e. The zero-order chi connectivity index (χ0) is 21.8. The number of hydrogen-bond donors (Lipinski definition) is 3. The van der Waals surface area contributed by atoms with E-state index >= 15 is 0 Å². The number of nitrogens with one attached hydrogen (secondary N) is 3. The van der Waals surface area contributed by atoms with Crippen molar-refractivity contribution in [3.8, 4) is 11.3 Å². The molecule has 2 heterocycles. The summed E-state index contributed by atoms with van der Waals surface area (Å²) >= 11 is 1.21. The number of nitrogens with zero attached hydrogens (tertiary/aromatic N) is 3. The lowest BCUT2D eigenvalue weighted by Gasteiger charge is -2.08. The van der Waals surface area contributed by atoms with Crippen molar-refractivity contribution in [2.24, 2.45) is 0 Å². The van der Waals surface area contributed by atoms with Gasteiger partial charge in [-0.3, -0.25) is 23.8 Å². The Morgan fingerprint density at radius 2 is 1.68 bits per heavy atom. The number of aromatic amines is 1. The van der Waals surface area contributed by atoms with Crippen LogP contribution < -0.4 is 16.2 Å². The summed E-state index contributed by atoms with van der Waals surface area (Å²) in [5.41, 5.74) is 2.46. The molecule has 9 nitrogen and oxygen atoms in total. The Labute approximate surface area is 180 Å². The van der Waals surface area contributed by atoms with Crippen LogP contribution in [0.3, 0.4) is 0 Å². The number of H-pyrrole nitrogens is 1. The van der Waals surface area contributed by atoms with Gasteiger partial charge in [0.25, 0.3) is 5.56 Å². The van der Waals surface area contributed by atoms with E-state index < -0.39 is 0 Å². The molecule has 3 N–H and O–H groups in total. The molecule has 0 aliphatic heterocycles. The summed E-state index contributed by atoms with van der Waals surface area (Å²) in [5, 5.41) is 14.1. The van der Waals surface area contributed by atoms with E-state index in [4.69, 9.17) is 0 Å². The molecular weight excluding hydrogens is 416 g/mol. The summed E-state index contributed by atoms with van der Waals surface area (Å²) in [6.07, 6.45) is 0. The highest BCUT2D eigenvalue weighted by atomic mass is 32.2. The summed E-state index contributed by atoms with van der Waals surface area (Å²) in [6, 6.07) is 17.7. The Morgan fingerprint density at radius 3 is 2.35 bits per heavy atom. The van der Waals surface area contributed by atoms with Gasteiger partial charge in [-0.2, -0.15) is 0 Å². The Bertz CT molecular complexity index is 1300. The molecule has 4 aromatic rings. The number of thioether (sulfide) groups is 1. The fourth-order valence-electron chi connectivity index (χ4n) is 2.99. The summed E-state index contributed by atoms with van der Waals surface area (Å²) in [5.74, 6) is 0.0224. The lowest BCUT2D eigenvalue weighted by Crippen LogP contribution is -2.15. The van der Waals surface area contributed by atoms with Crippen LogP contribution in [0.2, 0.25) is 0 Å². The molecule has 0 atom stereocenters. The van der Waals surface area contributed by atoms with Crippen LogP contribution in [0.15, 0.2) is 70.6 Å². The van der Waals surface area contributed by atoms with Crippen molar-refractivity contribution < 1.29 is 9.59 Å². The van der Waals surface area contributed by atoms with E-state index in [2.05, 4.69) is 25.8 Å². The number of fused-ring (bicyclic) bond motifs is 1. The quantitative estimate of drug-likeness (QED) is 0.401. The molecule has 0 fully saturated rings. The summed E-state index contributed by atoms with van der Waals surface area (Å²) in [6.45, 7) is 1.43. The zero-order valence-electron chi connectivity index (χ0n) is 16.5. The molecule has 0 aliphatic rings. The molecular formula is C21H18N6O3S. The van der Waals surface area contributed by atoms with E-state index in [9.17, 15) is 14.4 Å². The van der Waals surface area contributed by atoms with Gasteiger partial charge >= 0.3 is 0 Å². The maximum atomic E-state index is 12.4. The van der Waals surface area contributed by atoms with Crippen molar-refractivity contribution in [3.05, 3.63) is 71.0 Å². The third kappa shape index (κ3) is 4.81. The van der Waals surface area contributed by atoms with Gasteiger partial charge in [-0.25, -0.2) is 0 Å². The van der Waals surface area contributed by atoms with Crippen molar-refractivity contribution in [2.75, 3.05) is 16.4 Å². The molecule has 0 aliphatic carbocycles. The highest BCUT2D eigenvalue weighted by molar-refractivity contribution is 7.99. The van der Waals surface area contributed by atoms with Crippen molar-refractivity contribution >= 4 is 40.7 Å². The third-order valence-electron chi connectivity index (χ3n) is 4.27. The molecule has 0 bridgehead atoms. The van der Waals surface area contributed by atoms with Crippen molar-refractivity contribution in [1.82, 2.24) is 19.6 Å². The zero-order valence-corrected chi connectivity index (χ0v) is 17.3. The Balaban J connectivity index is 1.50. The third-order valence-corrected chi connectivity index (χ3v) is 5.20. The average Bonchev–Trinajstić information content (AvgIpc) is 3.16. The molecule has 31 heavy (non-hydrogen) atoms. The van der Waals surface area contributed by atoms with Gasteiger partial charge in [0.2, 0.25) is 17.6 Å². The number of hydrogen-bond acceptors (Lipinski definition) is 6. The minimum atomic E-state index is -0.282. The number of benzene rings is 2. The molecule has 0 saturated heterocycles. The van der Waals surface area contributed by atoms with E-state index in [1.165, 1.54) is 24.8 Å². The van der Waals surface area contributed by atoms with Gasteiger partial charge in [0.1, 0.15) is 0 Å². The van der Waals surface area contributed by atoms with Gasteiger partial charge in [0.05, 0.1) is 11.4 Å². The number of amides is 2.